The summed E-state index contributed by atoms with van der Waals surface area (Å²) in [6.45, 7) is 0.134. The Balaban J connectivity index is 2.83. The monoisotopic (exact) mass is 597 g/mol. The Bertz CT molecular complexity index is 831. The zero-order chi connectivity index (χ0) is 31.3. The number of nitriles is 3. The Kier molecular flexibility index (Phi) is 17.2. The Morgan fingerprint density at radius 1 is 0.405 bits per heavy atom. The highest BCUT2D eigenvalue weighted by molar-refractivity contribution is 5.78. The maximum Gasteiger partial charge on any atom is 0.324 e. The Morgan fingerprint density at radius 3 is 0.690 bits per heavy atom. The molecule has 0 aliphatic carbocycles. The van der Waals surface area contributed by atoms with Crippen molar-refractivity contribution in [3.05, 3.63) is 0 Å². The van der Waals surface area contributed by atoms with E-state index in [0.717, 1.165) is 0 Å². The summed E-state index contributed by atoms with van der Waals surface area (Å²) < 4.78 is 32.4. The van der Waals surface area contributed by atoms with Gasteiger partial charge in [-0.1, -0.05) is 0 Å². The van der Waals surface area contributed by atoms with Gasteiger partial charge in [-0.2, -0.15) is 15.8 Å². The summed E-state index contributed by atoms with van der Waals surface area (Å²) in [4.78, 5) is 35.5. The van der Waals surface area contributed by atoms with E-state index in [-0.39, 0.29) is 118 Å². The number of hydrogen-bond acceptors (Lipinski definition) is 12. The van der Waals surface area contributed by atoms with Gasteiger partial charge in [0.05, 0.1) is 57.8 Å². The summed E-state index contributed by atoms with van der Waals surface area (Å²) in [6, 6.07) is 5.48. The van der Waals surface area contributed by atoms with Gasteiger partial charge in [0.25, 0.3) is 0 Å². The van der Waals surface area contributed by atoms with E-state index in [2.05, 4.69) is 0 Å². The molecule has 0 amide bonds. The molecule has 0 aromatic rings. The van der Waals surface area contributed by atoms with Crippen LogP contribution in [-0.4, -0.2) is 113 Å². The first-order valence-corrected chi connectivity index (χ1v) is 13.5. The highest BCUT2D eigenvalue weighted by Crippen LogP contribution is 2.29. The molecule has 0 saturated carbocycles. The number of nitrogens with zero attached hydrogens (tertiary/aromatic N) is 3. The smallest absolute Gasteiger partial charge is 0.324 e. The zero-order valence-electron chi connectivity index (χ0n) is 23.6. The average molecular weight is 598 g/mol. The molecule has 1 aliphatic heterocycles. The van der Waals surface area contributed by atoms with E-state index in [1.165, 1.54) is 0 Å². The molecule has 234 valence electrons. The van der Waals surface area contributed by atoms with Crippen LogP contribution in [0.5, 0.6) is 0 Å². The number of ether oxygens (including phenoxy) is 6. The van der Waals surface area contributed by atoms with E-state index >= 15 is 0 Å². The van der Waals surface area contributed by atoms with Gasteiger partial charge >= 0.3 is 17.9 Å². The lowest BCUT2D eigenvalue weighted by molar-refractivity contribution is -0.149. The molecule has 15 nitrogen and oxygen atoms in total. The average Bonchev–Trinajstić information content (AvgIpc) is 2.97. The lowest BCUT2D eigenvalue weighted by atomic mass is 9.83. The van der Waals surface area contributed by atoms with Crippen molar-refractivity contribution in [3.8, 4) is 18.2 Å². The standard InChI is InChI=1S/C27H39N3O12/c28-19-25(22(31)32)1-7-37-13-14-39-9-3-26(20-29,23(33)34)5-11-41-17-18-42-12-6-27(21-30,24(35)36)4-10-40-16-15-38-8-2-25/h1-18H2,(H,31,32)(H,33,34)(H,35,36). The number of aliphatic carboxylic acids is 3. The van der Waals surface area contributed by atoms with E-state index in [0.29, 0.717) is 0 Å². The van der Waals surface area contributed by atoms with Crippen LogP contribution in [0.3, 0.4) is 0 Å². The number of hydrogen-bond donors (Lipinski definition) is 3. The molecule has 0 bridgehead atoms. The molecule has 1 aliphatic rings. The van der Waals surface area contributed by atoms with Crippen molar-refractivity contribution in [2.24, 2.45) is 16.2 Å². The van der Waals surface area contributed by atoms with E-state index in [9.17, 15) is 45.5 Å². The molecule has 1 fully saturated rings. The number of carboxylic acids is 3. The lowest BCUT2D eigenvalue weighted by Crippen LogP contribution is -2.33. The molecule has 0 atom stereocenters. The molecule has 15 heteroatoms. The first-order valence-electron chi connectivity index (χ1n) is 13.5. The summed E-state index contributed by atoms with van der Waals surface area (Å²) in [5.74, 6) is -3.95. The summed E-state index contributed by atoms with van der Waals surface area (Å²) in [6.07, 6.45) is -0.640. The van der Waals surface area contributed by atoms with Crippen molar-refractivity contribution < 1.29 is 58.1 Å². The SMILES string of the molecule is N#CC1(C(=O)O)CCOCCOCCC(C#N)(C(=O)O)CCOCCOCCC(C#N)(C(=O)O)CCOCCOCC1. The fraction of sp³-hybridized carbons (Fsp3) is 0.778. The molecule has 0 spiro atoms. The molecule has 0 unspecified atom stereocenters. The molecule has 42 heavy (non-hydrogen) atoms. The van der Waals surface area contributed by atoms with Crippen LogP contribution in [-0.2, 0) is 42.8 Å². The predicted molar refractivity (Wildman–Crippen MR) is 140 cm³/mol. The van der Waals surface area contributed by atoms with Crippen molar-refractivity contribution in [3.63, 3.8) is 0 Å². The summed E-state index contributed by atoms with van der Waals surface area (Å²) in [7, 11) is 0. The first kappa shape index (κ1) is 36.7. The number of rotatable bonds is 3. The molecule has 0 aromatic heterocycles. The molecule has 1 saturated heterocycles. The third-order valence-corrected chi connectivity index (χ3v) is 7.03. The summed E-state index contributed by atoms with van der Waals surface area (Å²) in [5.41, 5.74) is -5.22. The van der Waals surface area contributed by atoms with Crippen molar-refractivity contribution in [1.29, 1.82) is 15.8 Å². The molecule has 0 radical (unpaired) electrons. The van der Waals surface area contributed by atoms with Crippen LogP contribution < -0.4 is 0 Å². The van der Waals surface area contributed by atoms with Crippen LogP contribution in [0.25, 0.3) is 0 Å². The second kappa shape index (κ2) is 19.7. The predicted octanol–water partition coefficient (Wildman–Crippen LogP) is 1.22. The maximum absolute atomic E-state index is 11.8. The minimum absolute atomic E-state index is 0.0468. The summed E-state index contributed by atoms with van der Waals surface area (Å²) in [5, 5.41) is 57.6. The third-order valence-electron chi connectivity index (χ3n) is 7.03. The highest BCUT2D eigenvalue weighted by Gasteiger charge is 2.40. The Labute approximate surface area is 244 Å². The third kappa shape index (κ3) is 11.9. The second-order valence-electron chi connectivity index (χ2n) is 9.67. The first-order chi connectivity index (χ1) is 20.1. The van der Waals surface area contributed by atoms with Gasteiger partial charge in [0.15, 0.2) is 16.2 Å². The Morgan fingerprint density at radius 2 is 0.571 bits per heavy atom. The number of carboxylic acid groups (broad SMARTS) is 3. The molecule has 3 N–H and O–H groups in total. The maximum atomic E-state index is 11.8. The molecule has 0 aromatic carbocycles. The van der Waals surface area contributed by atoms with Gasteiger partial charge < -0.3 is 43.7 Å². The van der Waals surface area contributed by atoms with Crippen LogP contribution in [0.4, 0.5) is 0 Å². The van der Waals surface area contributed by atoms with Gasteiger partial charge in [-0.25, -0.2) is 0 Å². The van der Waals surface area contributed by atoms with Crippen molar-refractivity contribution in [1.82, 2.24) is 0 Å². The van der Waals surface area contributed by atoms with Gasteiger partial charge in [0, 0.05) is 78.2 Å². The van der Waals surface area contributed by atoms with E-state index < -0.39 is 34.2 Å². The van der Waals surface area contributed by atoms with E-state index in [1.807, 2.05) is 18.2 Å². The van der Waals surface area contributed by atoms with Crippen molar-refractivity contribution in [2.45, 2.75) is 38.5 Å². The summed E-state index contributed by atoms with van der Waals surface area (Å²) >= 11 is 0. The minimum Gasteiger partial charge on any atom is -0.480 e. The molecular weight excluding hydrogens is 558 g/mol. The van der Waals surface area contributed by atoms with Gasteiger partial charge in [-0.15, -0.1) is 0 Å². The van der Waals surface area contributed by atoms with E-state index in [1.54, 1.807) is 0 Å². The normalized spacial score (nSPS) is 29.4. The zero-order valence-corrected chi connectivity index (χ0v) is 23.6. The quantitative estimate of drug-likeness (QED) is 0.414. The minimum atomic E-state index is -1.74. The van der Waals surface area contributed by atoms with Crippen LogP contribution in [0.2, 0.25) is 0 Å². The van der Waals surface area contributed by atoms with E-state index in [4.69, 9.17) is 28.4 Å². The topological polar surface area (TPSA) is 239 Å². The van der Waals surface area contributed by atoms with Gasteiger partial charge in [-0.3, -0.25) is 14.4 Å². The fourth-order valence-corrected chi connectivity index (χ4v) is 3.94. The largest absolute Gasteiger partial charge is 0.480 e. The van der Waals surface area contributed by atoms with Gasteiger partial charge in [-0.05, 0) is 0 Å². The molecule has 1 rings (SSSR count). The van der Waals surface area contributed by atoms with Gasteiger partial charge in [0.2, 0.25) is 0 Å². The van der Waals surface area contributed by atoms with Gasteiger partial charge in [0.1, 0.15) is 0 Å². The number of carbonyl (C=O) groups is 3. The highest BCUT2D eigenvalue weighted by atomic mass is 16.5. The van der Waals surface area contributed by atoms with Crippen LogP contribution >= 0.6 is 0 Å². The molecular formula is C27H39N3O12. The van der Waals surface area contributed by atoms with Crippen LogP contribution in [0.1, 0.15) is 38.5 Å². The van der Waals surface area contributed by atoms with Crippen molar-refractivity contribution >= 4 is 17.9 Å². The molecule has 1 heterocycles. The van der Waals surface area contributed by atoms with Crippen molar-refractivity contribution in [2.75, 3.05) is 79.3 Å². The fourth-order valence-electron chi connectivity index (χ4n) is 3.94. The van der Waals surface area contributed by atoms with Crippen LogP contribution in [0, 0.1) is 50.2 Å². The van der Waals surface area contributed by atoms with Crippen LogP contribution in [0.15, 0.2) is 0 Å². The second-order valence-corrected chi connectivity index (χ2v) is 9.67. The lowest BCUT2D eigenvalue weighted by Gasteiger charge is -2.22. The Hall–Kier alpha value is -3.36.